The van der Waals surface area contributed by atoms with Gasteiger partial charge in [0, 0.05) is 19.6 Å². The monoisotopic (exact) mass is 312 g/mol. The standard InChI is InChI=1S/C16H28N2O2S/c1-5-11-17-12-15-9-7-8-10-16(15)21(19,20)18(6-2)13-14(3)4/h7-10,14,17H,5-6,11-13H2,1-4H3. The SMILES string of the molecule is CCCNCc1ccccc1S(=O)(=O)N(CC)CC(C)C. The van der Waals surface area contributed by atoms with Crippen LogP contribution < -0.4 is 5.32 Å². The summed E-state index contributed by atoms with van der Waals surface area (Å²) in [5.74, 6) is 0.310. The van der Waals surface area contributed by atoms with E-state index in [2.05, 4.69) is 12.2 Å². The van der Waals surface area contributed by atoms with Gasteiger partial charge in [0.2, 0.25) is 10.0 Å². The van der Waals surface area contributed by atoms with Crippen LogP contribution in [0.1, 0.15) is 39.7 Å². The van der Waals surface area contributed by atoms with E-state index in [0.717, 1.165) is 18.5 Å². The highest BCUT2D eigenvalue weighted by atomic mass is 32.2. The second kappa shape index (κ2) is 8.51. The van der Waals surface area contributed by atoms with Crippen LogP contribution in [0.25, 0.3) is 0 Å². The fraction of sp³-hybridized carbons (Fsp3) is 0.625. The molecule has 0 spiro atoms. The van der Waals surface area contributed by atoms with Gasteiger partial charge in [-0.05, 0) is 30.5 Å². The number of sulfonamides is 1. The summed E-state index contributed by atoms with van der Waals surface area (Å²) in [4.78, 5) is 0.427. The lowest BCUT2D eigenvalue weighted by Gasteiger charge is -2.23. The van der Waals surface area contributed by atoms with E-state index >= 15 is 0 Å². The van der Waals surface area contributed by atoms with Crippen molar-refractivity contribution in [3.8, 4) is 0 Å². The molecule has 0 radical (unpaired) electrons. The Morgan fingerprint density at radius 3 is 2.43 bits per heavy atom. The third-order valence-corrected chi connectivity index (χ3v) is 5.30. The molecule has 0 aliphatic heterocycles. The van der Waals surface area contributed by atoms with Crippen LogP contribution in [0, 0.1) is 5.92 Å². The van der Waals surface area contributed by atoms with Gasteiger partial charge in [-0.1, -0.05) is 45.9 Å². The van der Waals surface area contributed by atoms with E-state index in [1.807, 2.05) is 32.9 Å². The molecule has 120 valence electrons. The fourth-order valence-electron chi connectivity index (χ4n) is 2.24. The van der Waals surface area contributed by atoms with Crippen LogP contribution in [0.4, 0.5) is 0 Å². The van der Waals surface area contributed by atoms with Crippen molar-refractivity contribution in [3.05, 3.63) is 29.8 Å². The number of hydrogen-bond acceptors (Lipinski definition) is 3. The van der Waals surface area contributed by atoms with Crippen LogP contribution in [-0.2, 0) is 16.6 Å². The molecule has 4 nitrogen and oxygen atoms in total. The van der Waals surface area contributed by atoms with E-state index in [1.165, 1.54) is 0 Å². The van der Waals surface area contributed by atoms with Crippen LogP contribution in [0.5, 0.6) is 0 Å². The quantitative estimate of drug-likeness (QED) is 0.713. The summed E-state index contributed by atoms with van der Waals surface area (Å²) in [7, 11) is -3.42. The molecule has 0 saturated heterocycles. The summed E-state index contributed by atoms with van der Waals surface area (Å²) in [6.45, 7) is 10.6. The normalized spacial score (nSPS) is 12.3. The highest BCUT2D eigenvalue weighted by Gasteiger charge is 2.25. The molecule has 1 N–H and O–H groups in total. The second-order valence-electron chi connectivity index (χ2n) is 5.63. The molecule has 0 aromatic heterocycles. The average Bonchev–Trinajstić information content (AvgIpc) is 2.45. The zero-order valence-corrected chi connectivity index (χ0v) is 14.4. The first-order chi connectivity index (χ1) is 9.93. The average molecular weight is 312 g/mol. The summed E-state index contributed by atoms with van der Waals surface area (Å²) < 4.78 is 27.3. The molecule has 1 rings (SSSR count). The van der Waals surface area contributed by atoms with Crippen molar-refractivity contribution in [2.24, 2.45) is 5.92 Å². The molecule has 0 atom stereocenters. The minimum atomic E-state index is -3.42. The van der Waals surface area contributed by atoms with Crippen molar-refractivity contribution in [3.63, 3.8) is 0 Å². The number of nitrogens with zero attached hydrogens (tertiary/aromatic N) is 1. The fourth-order valence-corrected chi connectivity index (χ4v) is 4.08. The van der Waals surface area contributed by atoms with E-state index in [0.29, 0.717) is 30.4 Å². The molecule has 0 fully saturated rings. The molecule has 1 aromatic carbocycles. The number of benzene rings is 1. The van der Waals surface area contributed by atoms with Crippen LogP contribution in [0.3, 0.4) is 0 Å². The van der Waals surface area contributed by atoms with Crippen molar-refractivity contribution in [2.75, 3.05) is 19.6 Å². The van der Waals surface area contributed by atoms with Gasteiger partial charge in [-0.3, -0.25) is 0 Å². The molecule has 1 aromatic rings. The van der Waals surface area contributed by atoms with Gasteiger partial charge in [-0.25, -0.2) is 8.42 Å². The topological polar surface area (TPSA) is 49.4 Å². The second-order valence-corrected chi connectivity index (χ2v) is 7.54. The molecule has 0 aliphatic carbocycles. The Bertz CT molecular complexity index is 527. The maximum absolute atomic E-state index is 12.9. The Hall–Kier alpha value is -0.910. The van der Waals surface area contributed by atoms with Gasteiger partial charge >= 0.3 is 0 Å². The minimum absolute atomic E-state index is 0.310. The van der Waals surface area contributed by atoms with Crippen molar-refractivity contribution in [1.82, 2.24) is 9.62 Å². The first-order valence-corrected chi connectivity index (χ1v) is 9.16. The lowest BCUT2D eigenvalue weighted by Crippen LogP contribution is -2.34. The largest absolute Gasteiger partial charge is 0.313 e. The molecule has 0 heterocycles. The Balaban J connectivity index is 3.06. The van der Waals surface area contributed by atoms with Crippen LogP contribution >= 0.6 is 0 Å². The van der Waals surface area contributed by atoms with Crippen LogP contribution in [0.15, 0.2) is 29.2 Å². The highest BCUT2D eigenvalue weighted by molar-refractivity contribution is 7.89. The first kappa shape index (κ1) is 18.1. The van der Waals surface area contributed by atoms with Crippen molar-refractivity contribution in [2.45, 2.75) is 45.6 Å². The summed E-state index contributed by atoms with van der Waals surface area (Å²) in [6.07, 6.45) is 1.03. The van der Waals surface area contributed by atoms with Gasteiger partial charge < -0.3 is 5.32 Å². The van der Waals surface area contributed by atoms with E-state index < -0.39 is 10.0 Å². The Morgan fingerprint density at radius 1 is 1.19 bits per heavy atom. The molecule has 5 heteroatoms. The first-order valence-electron chi connectivity index (χ1n) is 7.72. The molecule has 0 aliphatic rings. The van der Waals surface area contributed by atoms with Gasteiger partial charge in [0.15, 0.2) is 0 Å². The van der Waals surface area contributed by atoms with Crippen molar-refractivity contribution >= 4 is 10.0 Å². The van der Waals surface area contributed by atoms with Crippen molar-refractivity contribution in [1.29, 1.82) is 0 Å². The Labute approximate surface area is 129 Å². The molecule has 0 amide bonds. The van der Waals surface area contributed by atoms with Crippen molar-refractivity contribution < 1.29 is 8.42 Å². The van der Waals surface area contributed by atoms with Gasteiger partial charge in [0.05, 0.1) is 4.90 Å². The van der Waals surface area contributed by atoms with Gasteiger partial charge in [0.25, 0.3) is 0 Å². The number of hydrogen-bond donors (Lipinski definition) is 1. The summed E-state index contributed by atoms with van der Waals surface area (Å²) in [5.41, 5.74) is 0.841. The Kier molecular flexibility index (Phi) is 7.35. The maximum atomic E-state index is 12.9. The van der Waals surface area contributed by atoms with Gasteiger partial charge in [-0.2, -0.15) is 4.31 Å². The van der Waals surface area contributed by atoms with Crippen LogP contribution in [0.2, 0.25) is 0 Å². The predicted molar refractivity (Wildman–Crippen MR) is 87.7 cm³/mol. The number of rotatable bonds is 9. The van der Waals surface area contributed by atoms with Crippen LogP contribution in [-0.4, -0.2) is 32.4 Å². The van der Waals surface area contributed by atoms with E-state index in [-0.39, 0.29) is 0 Å². The third-order valence-electron chi connectivity index (χ3n) is 3.25. The lowest BCUT2D eigenvalue weighted by molar-refractivity contribution is 0.380. The summed E-state index contributed by atoms with van der Waals surface area (Å²) >= 11 is 0. The minimum Gasteiger partial charge on any atom is -0.313 e. The summed E-state index contributed by atoms with van der Waals surface area (Å²) in [5, 5.41) is 3.28. The smallest absolute Gasteiger partial charge is 0.243 e. The molecule has 21 heavy (non-hydrogen) atoms. The molecular weight excluding hydrogens is 284 g/mol. The van der Waals surface area contributed by atoms with E-state index in [4.69, 9.17) is 0 Å². The molecular formula is C16H28N2O2S. The zero-order chi connectivity index (χ0) is 15.9. The van der Waals surface area contributed by atoms with E-state index in [1.54, 1.807) is 16.4 Å². The number of nitrogens with one attached hydrogen (secondary N) is 1. The molecule has 0 unspecified atom stereocenters. The highest BCUT2D eigenvalue weighted by Crippen LogP contribution is 2.21. The molecule has 0 saturated carbocycles. The zero-order valence-electron chi connectivity index (χ0n) is 13.6. The van der Waals surface area contributed by atoms with Gasteiger partial charge in [0.1, 0.15) is 0 Å². The Morgan fingerprint density at radius 2 is 1.86 bits per heavy atom. The summed E-state index contributed by atoms with van der Waals surface area (Å²) in [6, 6.07) is 7.28. The predicted octanol–water partition coefficient (Wildman–Crippen LogP) is 2.85. The molecule has 0 bridgehead atoms. The lowest BCUT2D eigenvalue weighted by atomic mass is 10.2. The third kappa shape index (κ3) is 5.09. The maximum Gasteiger partial charge on any atom is 0.243 e. The van der Waals surface area contributed by atoms with Gasteiger partial charge in [-0.15, -0.1) is 0 Å². The van der Waals surface area contributed by atoms with E-state index in [9.17, 15) is 8.42 Å².